The van der Waals surface area contributed by atoms with Gasteiger partial charge in [0.15, 0.2) is 0 Å². The number of hydrogen-bond donors (Lipinski definition) is 2. The standard InChI is InChI=1S/C25H24N4O2/c1-28(2)12-7-13-29-15-19(17-9-4-6-11-21(17)29)23-22(24(30)27-25(23)31)18-14-26-20-10-5-3-8-16(18)20/h3-6,8-11,14-15,26H,7,12-13H2,1-2H3,(H,27,30,31)/i7D2,12D2,13D2. The lowest BCUT2D eigenvalue weighted by Crippen LogP contribution is -2.22. The Balaban J connectivity index is 1.80. The number of aryl methyl sites for hydroxylation is 1. The number of aromatic nitrogens is 2. The third-order valence-corrected chi connectivity index (χ3v) is 5.23. The number of carbonyl (C=O) groups excluding carboxylic acids is 2. The second-order valence-electron chi connectivity index (χ2n) is 7.45. The highest BCUT2D eigenvalue weighted by Crippen LogP contribution is 2.38. The third kappa shape index (κ3) is 3.25. The van der Waals surface area contributed by atoms with Crippen LogP contribution < -0.4 is 5.32 Å². The van der Waals surface area contributed by atoms with Crippen LogP contribution >= 0.6 is 0 Å². The summed E-state index contributed by atoms with van der Waals surface area (Å²) in [5, 5.41) is 3.49. The number of nitrogens with zero attached hydrogens (tertiary/aromatic N) is 2. The van der Waals surface area contributed by atoms with Gasteiger partial charge in [0.25, 0.3) is 11.8 Å². The Morgan fingerprint density at radius 1 is 0.935 bits per heavy atom. The normalized spacial score (nSPS) is 18.7. The summed E-state index contributed by atoms with van der Waals surface area (Å²) < 4.78 is 52.1. The van der Waals surface area contributed by atoms with Gasteiger partial charge in [-0.05, 0) is 39.1 Å². The predicted octanol–water partition coefficient (Wildman–Crippen LogP) is 3.64. The quantitative estimate of drug-likeness (QED) is 0.470. The highest BCUT2D eigenvalue weighted by molar-refractivity contribution is 6.50. The molecule has 2 N–H and O–H groups in total. The van der Waals surface area contributed by atoms with Gasteiger partial charge in [-0.2, -0.15) is 0 Å². The van der Waals surface area contributed by atoms with E-state index in [2.05, 4.69) is 10.3 Å². The van der Waals surface area contributed by atoms with Crippen molar-refractivity contribution < 1.29 is 17.8 Å². The number of para-hydroxylation sites is 2. The Labute approximate surface area is 188 Å². The van der Waals surface area contributed by atoms with E-state index in [1.54, 1.807) is 30.5 Å². The average Bonchev–Trinajstić information content (AvgIpc) is 3.51. The van der Waals surface area contributed by atoms with Gasteiger partial charge in [-0.15, -0.1) is 0 Å². The van der Waals surface area contributed by atoms with Crippen LogP contribution in [0.25, 0.3) is 33.0 Å². The second kappa shape index (κ2) is 7.56. The molecule has 6 nitrogen and oxygen atoms in total. The summed E-state index contributed by atoms with van der Waals surface area (Å²) in [4.78, 5) is 30.2. The zero-order valence-electron chi connectivity index (χ0n) is 23.0. The lowest BCUT2D eigenvalue weighted by Gasteiger charge is -2.10. The zero-order valence-corrected chi connectivity index (χ0v) is 17.0. The van der Waals surface area contributed by atoms with Gasteiger partial charge in [0.2, 0.25) is 0 Å². The zero-order chi connectivity index (χ0) is 26.9. The van der Waals surface area contributed by atoms with E-state index in [0.717, 1.165) is 20.4 Å². The average molecular weight is 419 g/mol. The Morgan fingerprint density at radius 3 is 2.39 bits per heavy atom. The lowest BCUT2D eigenvalue weighted by atomic mass is 9.95. The molecule has 0 aliphatic carbocycles. The molecule has 2 amide bonds. The van der Waals surface area contributed by atoms with Gasteiger partial charge >= 0.3 is 0 Å². The van der Waals surface area contributed by atoms with Gasteiger partial charge in [0.05, 0.1) is 11.1 Å². The van der Waals surface area contributed by atoms with Crippen molar-refractivity contribution >= 4 is 44.8 Å². The number of carbonyl (C=O) groups is 2. The maximum atomic E-state index is 13.1. The van der Waals surface area contributed by atoms with Gasteiger partial charge in [-0.1, -0.05) is 36.4 Å². The first-order valence-corrected chi connectivity index (χ1v) is 9.75. The molecule has 1 aliphatic heterocycles. The summed E-state index contributed by atoms with van der Waals surface area (Å²) in [5.41, 5.74) is 1.93. The largest absolute Gasteiger partial charge is 0.361 e. The monoisotopic (exact) mass is 418 g/mol. The lowest BCUT2D eigenvalue weighted by molar-refractivity contribution is -0.122. The number of fused-ring (bicyclic) bond motifs is 2. The van der Waals surface area contributed by atoms with Gasteiger partial charge in [0, 0.05) is 60.0 Å². The van der Waals surface area contributed by atoms with Crippen LogP contribution in [0.4, 0.5) is 0 Å². The summed E-state index contributed by atoms with van der Waals surface area (Å²) in [6.45, 7) is -5.57. The Morgan fingerprint density at radius 2 is 1.61 bits per heavy atom. The van der Waals surface area contributed by atoms with Crippen molar-refractivity contribution in [3.63, 3.8) is 0 Å². The fourth-order valence-electron chi connectivity index (χ4n) is 3.92. The number of nitrogens with one attached hydrogen (secondary N) is 2. The van der Waals surface area contributed by atoms with Gasteiger partial charge < -0.3 is 14.5 Å². The van der Waals surface area contributed by atoms with Gasteiger partial charge in [-0.25, -0.2) is 0 Å². The van der Waals surface area contributed by atoms with E-state index in [1.165, 1.54) is 20.3 Å². The molecule has 0 radical (unpaired) electrons. The van der Waals surface area contributed by atoms with Gasteiger partial charge in [0.1, 0.15) is 0 Å². The number of H-pyrrole nitrogens is 1. The molecular formula is C25H24N4O2. The van der Waals surface area contributed by atoms with Crippen molar-refractivity contribution in [2.75, 3.05) is 20.6 Å². The minimum absolute atomic E-state index is 0.0386. The summed E-state index contributed by atoms with van der Waals surface area (Å²) in [6, 6.07) is 13.9. The first-order chi connectivity index (χ1) is 17.3. The van der Waals surface area contributed by atoms with Crippen LogP contribution in [-0.4, -0.2) is 46.9 Å². The number of benzene rings is 2. The van der Waals surface area contributed by atoms with E-state index >= 15 is 0 Å². The first kappa shape index (κ1) is 13.6. The van der Waals surface area contributed by atoms with Crippen molar-refractivity contribution in [2.24, 2.45) is 0 Å². The van der Waals surface area contributed by atoms with Crippen molar-refractivity contribution in [3.8, 4) is 0 Å². The van der Waals surface area contributed by atoms with Crippen LogP contribution in [0, 0.1) is 0 Å². The molecule has 4 aromatic rings. The van der Waals surface area contributed by atoms with Gasteiger partial charge in [-0.3, -0.25) is 14.9 Å². The van der Waals surface area contributed by atoms with Crippen molar-refractivity contribution in [2.45, 2.75) is 12.9 Å². The number of imide groups is 1. The summed E-state index contributed by atoms with van der Waals surface area (Å²) >= 11 is 0. The number of rotatable bonds is 6. The van der Waals surface area contributed by atoms with E-state index in [9.17, 15) is 9.59 Å². The molecule has 2 aromatic heterocycles. The fourth-order valence-corrected chi connectivity index (χ4v) is 3.92. The molecule has 2 aromatic carbocycles. The molecule has 156 valence electrons. The molecule has 3 heterocycles. The minimum atomic E-state index is -3.02. The highest BCUT2D eigenvalue weighted by atomic mass is 16.2. The van der Waals surface area contributed by atoms with E-state index in [4.69, 9.17) is 8.22 Å². The van der Waals surface area contributed by atoms with Crippen molar-refractivity contribution in [3.05, 3.63) is 72.1 Å². The van der Waals surface area contributed by atoms with Crippen molar-refractivity contribution in [1.82, 2.24) is 19.8 Å². The Bertz CT molecular complexity index is 1620. The van der Waals surface area contributed by atoms with Crippen LogP contribution in [0.2, 0.25) is 0 Å². The molecule has 0 fully saturated rings. The maximum Gasteiger partial charge on any atom is 0.259 e. The molecule has 5 rings (SSSR count). The maximum absolute atomic E-state index is 13.1. The molecule has 0 saturated heterocycles. The molecule has 0 spiro atoms. The molecule has 31 heavy (non-hydrogen) atoms. The third-order valence-electron chi connectivity index (χ3n) is 5.23. The molecule has 0 atom stereocenters. The van der Waals surface area contributed by atoms with Crippen molar-refractivity contribution in [1.29, 1.82) is 0 Å². The summed E-state index contributed by atoms with van der Waals surface area (Å²) in [6.07, 6.45) is -0.0954. The molecule has 0 bridgehead atoms. The Hall–Kier alpha value is -3.64. The van der Waals surface area contributed by atoms with Crippen LogP contribution in [-0.2, 0) is 16.1 Å². The molecular weight excluding hydrogens is 388 g/mol. The van der Waals surface area contributed by atoms with E-state index in [1.807, 2.05) is 24.3 Å². The summed E-state index contributed by atoms with van der Waals surface area (Å²) in [7, 11) is 2.67. The Kier molecular flexibility index (Phi) is 3.32. The molecule has 0 saturated carbocycles. The minimum Gasteiger partial charge on any atom is -0.361 e. The fraction of sp³-hybridized carbons (Fsp3) is 0.200. The SMILES string of the molecule is [2H]C([2H])(N(C)C)C([2H])([2H])C([2H])([2H])n1cc(C2=C(c3c[nH]c4ccccc34)C(=O)NC2=O)c2ccccc21. The van der Waals surface area contributed by atoms with E-state index < -0.39 is 31.2 Å². The highest BCUT2D eigenvalue weighted by Gasteiger charge is 2.34. The topological polar surface area (TPSA) is 70.1 Å². The predicted molar refractivity (Wildman–Crippen MR) is 123 cm³/mol. The smallest absolute Gasteiger partial charge is 0.259 e. The van der Waals surface area contributed by atoms with Crippen LogP contribution in [0.3, 0.4) is 0 Å². The van der Waals surface area contributed by atoms with E-state index in [-0.39, 0.29) is 22.2 Å². The summed E-state index contributed by atoms with van der Waals surface area (Å²) in [5.74, 6) is -1.25. The second-order valence-corrected chi connectivity index (χ2v) is 7.45. The number of amides is 2. The molecule has 1 aliphatic rings. The number of hydrogen-bond acceptors (Lipinski definition) is 3. The van der Waals surface area contributed by atoms with Crippen LogP contribution in [0.15, 0.2) is 60.9 Å². The van der Waals surface area contributed by atoms with Crippen LogP contribution in [0.1, 0.15) is 25.7 Å². The number of aromatic amines is 1. The van der Waals surface area contributed by atoms with E-state index in [0.29, 0.717) is 10.9 Å². The molecule has 0 unspecified atom stereocenters. The molecule has 6 heteroatoms. The first-order valence-electron chi connectivity index (χ1n) is 12.8. The van der Waals surface area contributed by atoms with Crippen LogP contribution in [0.5, 0.6) is 0 Å².